The van der Waals surface area contributed by atoms with E-state index < -0.39 is 42.0 Å². The number of carboxylic acids is 2. The Bertz CT molecular complexity index is 1340. The van der Waals surface area contributed by atoms with E-state index in [0.29, 0.717) is 19.3 Å². The van der Waals surface area contributed by atoms with Crippen LogP contribution in [-0.4, -0.2) is 148 Å². The molecule has 0 aliphatic heterocycles. The second-order valence-electron chi connectivity index (χ2n) is 15.9. The monoisotopic (exact) mass is 935 g/mol. The number of carbonyl (C=O) groups is 8. The van der Waals surface area contributed by atoms with Crippen LogP contribution in [0.1, 0.15) is 142 Å². The van der Waals surface area contributed by atoms with Gasteiger partial charge in [0.2, 0.25) is 29.5 Å². The zero-order valence-corrected chi connectivity index (χ0v) is 38.6. The SMILES string of the molecule is CC(N)C(=O)NC(CCCCNC(=O)COCCOCCNC(=O)COCCOCCNC(=O)CCC(NC(=O)CCCCCCCCCCCCCCCCC(=O)O)C(=O)O)C(=O)F. The molecule has 0 saturated carbocycles. The van der Waals surface area contributed by atoms with E-state index >= 15 is 0 Å². The first-order chi connectivity index (χ1) is 31.2. The zero-order chi connectivity index (χ0) is 48.3. The van der Waals surface area contributed by atoms with E-state index in [-0.39, 0.29) is 128 Å². The van der Waals surface area contributed by atoms with E-state index in [2.05, 4.69) is 26.6 Å². The van der Waals surface area contributed by atoms with Gasteiger partial charge in [-0.1, -0.05) is 77.0 Å². The summed E-state index contributed by atoms with van der Waals surface area (Å²) >= 11 is 0. The highest BCUT2D eigenvalue weighted by Crippen LogP contribution is 2.14. The number of carboxylic acid groups (broad SMARTS) is 2. The quantitative estimate of drug-likeness (QED) is 0.0322. The molecule has 0 heterocycles. The van der Waals surface area contributed by atoms with Crippen molar-refractivity contribution in [2.24, 2.45) is 5.73 Å². The first kappa shape index (κ1) is 60.7. The summed E-state index contributed by atoms with van der Waals surface area (Å²) in [6.07, 6.45) is 16.2. The van der Waals surface area contributed by atoms with Crippen LogP contribution in [0.4, 0.5) is 4.39 Å². The molecule has 0 radical (unpaired) electrons. The fourth-order valence-electron chi connectivity index (χ4n) is 6.21. The van der Waals surface area contributed by atoms with Crippen molar-refractivity contribution < 1.29 is 71.9 Å². The lowest BCUT2D eigenvalue weighted by Gasteiger charge is -2.15. The lowest BCUT2D eigenvalue weighted by Crippen LogP contribution is -2.46. The van der Waals surface area contributed by atoms with E-state index in [1.54, 1.807) is 0 Å². The Morgan fingerprint density at radius 2 is 0.923 bits per heavy atom. The standard InChI is InChI=1S/C44H79FN6O14/c1-34(46)43(59)51-35(42(45)58)18-16-17-23-47-39(54)32-64-30-29-63-27-25-49-40(55)33-65-31-28-62-26-24-48-37(52)22-21-36(44(60)61)50-38(53)19-14-12-10-8-6-4-2-3-5-7-9-11-13-15-20-41(56)57/h34-36H,2-33,46H2,1H3,(H,47,54)(H,48,52)(H,49,55)(H,50,53)(H,51,59)(H,56,57)(H,60,61). The molecule has 0 aliphatic rings. The molecule has 20 nitrogen and oxygen atoms in total. The highest BCUT2D eigenvalue weighted by molar-refractivity contribution is 5.87. The second kappa shape index (κ2) is 42.3. The van der Waals surface area contributed by atoms with Crippen LogP contribution in [0.25, 0.3) is 0 Å². The summed E-state index contributed by atoms with van der Waals surface area (Å²) in [5, 5.41) is 30.8. The third-order valence-electron chi connectivity index (χ3n) is 9.93. The first-order valence-corrected chi connectivity index (χ1v) is 23.3. The molecule has 65 heavy (non-hydrogen) atoms. The Morgan fingerprint density at radius 1 is 0.477 bits per heavy atom. The summed E-state index contributed by atoms with van der Waals surface area (Å²) in [5.74, 6) is -3.97. The Kier molecular flexibility index (Phi) is 39.5. The summed E-state index contributed by atoms with van der Waals surface area (Å²) in [6, 6.07) is -4.94. The van der Waals surface area contributed by atoms with Gasteiger partial charge in [0.15, 0.2) is 0 Å². The molecule has 0 aromatic heterocycles. The fraction of sp³-hybridized carbons (Fsp3) is 0.818. The Balaban J connectivity index is 3.70. The van der Waals surface area contributed by atoms with E-state index in [0.717, 1.165) is 44.9 Å². The lowest BCUT2D eigenvalue weighted by atomic mass is 10.0. The molecule has 0 aromatic rings. The minimum absolute atomic E-state index is 0.0416. The zero-order valence-electron chi connectivity index (χ0n) is 38.6. The lowest BCUT2D eigenvalue weighted by molar-refractivity contribution is -0.142. The molecule has 3 atom stereocenters. The maximum Gasteiger partial charge on any atom is 0.326 e. The number of nitrogens with one attached hydrogen (secondary N) is 5. The number of aliphatic carboxylic acids is 2. The molecule has 3 unspecified atom stereocenters. The normalized spacial score (nSPS) is 12.4. The molecule has 0 spiro atoms. The van der Waals surface area contributed by atoms with E-state index in [1.807, 2.05) is 0 Å². The van der Waals surface area contributed by atoms with E-state index in [9.17, 15) is 47.9 Å². The van der Waals surface area contributed by atoms with Gasteiger partial charge in [-0.3, -0.25) is 33.6 Å². The van der Waals surface area contributed by atoms with Gasteiger partial charge in [-0.05, 0) is 45.4 Å². The predicted molar refractivity (Wildman–Crippen MR) is 238 cm³/mol. The number of halogens is 1. The number of amides is 5. The minimum Gasteiger partial charge on any atom is -0.481 e. The molecular formula is C44H79FN6O14. The fourth-order valence-corrected chi connectivity index (χ4v) is 6.21. The molecule has 0 bridgehead atoms. The van der Waals surface area contributed by atoms with Gasteiger partial charge in [-0.15, -0.1) is 0 Å². The van der Waals surface area contributed by atoms with Gasteiger partial charge in [0.25, 0.3) is 0 Å². The van der Waals surface area contributed by atoms with Gasteiger partial charge < -0.3 is 61.5 Å². The van der Waals surface area contributed by atoms with Crippen LogP contribution in [-0.2, 0) is 57.3 Å². The van der Waals surface area contributed by atoms with Crippen molar-refractivity contribution in [3.05, 3.63) is 0 Å². The number of unbranched alkanes of at least 4 members (excludes halogenated alkanes) is 14. The maximum absolute atomic E-state index is 13.1. The first-order valence-electron chi connectivity index (χ1n) is 23.3. The third kappa shape index (κ3) is 40.9. The van der Waals surface area contributed by atoms with Gasteiger partial charge in [-0.2, -0.15) is 4.39 Å². The van der Waals surface area contributed by atoms with Crippen LogP contribution in [0.3, 0.4) is 0 Å². The van der Waals surface area contributed by atoms with Gasteiger partial charge in [0, 0.05) is 38.9 Å². The third-order valence-corrected chi connectivity index (χ3v) is 9.93. The van der Waals surface area contributed by atoms with Crippen molar-refractivity contribution >= 4 is 47.5 Å². The van der Waals surface area contributed by atoms with Crippen molar-refractivity contribution in [1.82, 2.24) is 26.6 Å². The molecule has 0 aliphatic carbocycles. The van der Waals surface area contributed by atoms with Gasteiger partial charge in [0.05, 0.1) is 45.7 Å². The summed E-state index contributed by atoms with van der Waals surface area (Å²) in [4.78, 5) is 93.1. The molecule has 21 heteroatoms. The van der Waals surface area contributed by atoms with Crippen LogP contribution in [0.15, 0.2) is 0 Å². The average Bonchev–Trinajstić information content (AvgIpc) is 3.25. The molecule has 0 aromatic carbocycles. The molecule has 5 amide bonds. The Hall–Kier alpha value is -4.31. The van der Waals surface area contributed by atoms with Crippen molar-refractivity contribution in [2.75, 3.05) is 72.5 Å². The van der Waals surface area contributed by atoms with Crippen molar-refractivity contribution in [2.45, 2.75) is 160 Å². The van der Waals surface area contributed by atoms with Gasteiger partial charge >= 0.3 is 18.0 Å². The number of nitrogens with two attached hydrogens (primary N) is 1. The van der Waals surface area contributed by atoms with Crippen LogP contribution in [0, 0.1) is 0 Å². The van der Waals surface area contributed by atoms with Crippen LogP contribution in [0.2, 0.25) is 0 Å². The smallest absolute Gasteiger partial charge is 0.326 e. The van der Waals surface area contributed by atoms with E-state index in [4.69, 9.17) is 29.8 Å². The van der Waals surface area contributed by atoms with Gasteiger partial charge in [0.1, 0.15) is 25.3 Å². The van der Waals surface area contributed by atoms with Crippen molar-refractivity contribution in [3.63, 3.8) is 0 Å². The number of hydrogen-bond donors (Lipinski definition) is 8. The number of carbonyl (C=O) groups excluding carboxylic acids is 6. The second-order valence-corrected chi connectivity index (χ2v) is 15.9. The minimum atomic E-state index is -1.65. The molecule has 0 fully saturated rings. The van der Waals surface area contributed by atoms with Crippen LogP contribution >= 0.6 is 0 Å². The van der Waals surface area contributed by atoms with E-state index in [1.165, 1.54) is 45.4 Å². The Morgan fingerprint density at radius 3 is 1.38 bits per heavy atom. The summed E-state index contributed by atoms with van der Waals surface area (Å²) in [6.45, 7) is 2.77. The summed E-state index contributed by atoms with van der Waals surface area (Å²) in [7, 11) is 0. The Labute approximate surface area is 383 Å². The topological polar surface area (TPSA) is 300 Å². The largest absolute Gasteiger partial charge is 0.481 e. The number of hydrogen-bond acceptors (Lipinski definition) is 13. The molecular weight excluding hydrogens is 856 g/mol. The average molecular weight is 935 g/mol. The molecule has 0 saturated heterocycles. The maximum atomic E-state index is 13.1. The van der Waals surface area contributed by atoms with Crippen molar-refractivity contribution in [3.8, 4) is 0 Å². The molecule has 376 valence electrons. The summed E-state index contributed by atoms with van der Waals surface area (Å²) < 4.78 is 34.4. The molecule has 9 N–H and O–H groups in total. The van der Waals surface area contributed by atoms with Crippen LogP contribution < -0.4 is 32.3 Å². The predicted octanol–water partition coefficient (Wildman–Crippen LogP) is 2.58. The van der Waals surface area contributed by atoms with Crippen LogP contribution in [0.5, 0.6) is 0 Å². The van der Waals surface area contributed by atoms with Gasteiger partial charge in [-0.25, -0.2) is 4.79 Å². The molecule has 0 rings (SSSR count). The highest BCUT2D eigenvalue weighted by atomic mass is 19.1. The highest BCUT2D eigenvalue weighted by Gasteiger charge is 2.22. The van der Waals surface area contributed by atoms with Crippen molar-refractivity contribution in [1.29, 1.82) is 0 Å². The summed E-state index contributed by atoms with van der Waals surface area (Å²) in [5.41, 5.74) is 5.41. The number of ether oxygens (including phenoxy) is 4. The number of rotatable bonds is 46.